The summed E-state index contributed by atoms with van der Waals surface area (Å²) in [5, 5.41) is 29.7. The summed E-state index contributed by atoms with van der Waals surface area (Å²) in [5.74, 6) is 1.95. The number of aromatic hydroxyl groups is 1. The smallest absolute Gasteiger partial charge is 0.329 e. The molecule has 0 aromatic heterocycles. The first kappa shape index (κ1) is 33.6. The van der Waals surface area contributed by atoms with Gasteiger partial charge in [-0.1, -0.05) is 25.8 Å². The number of benzene rings is 1. The summed E-state index contributed by atoms with van der Waals surface area (Å²) < 4.78 is 16.0. The predicted molar refractivity (Wildman–Crippen MR) is 169 cm³/mol. The predicted octanol–water partition coefficient (Wildman–Crippen LogP) is 4.15. The second-order valence-electron chi connectivity index (χ2n) is 14.0. The molecule has 3 N–H and O–H groups in total. The van der Waals surface area contributed by atoms with Gasteiger partial charge in [0.25, 0.3) is 0 Å². The third-order valence-corrected chi connectivity index (χ3v) is 11.4. The average Bonchev–Trinajstić information content (AvgIpc) is 3.31. The Hall–Kier alpha value is -1.75. The van der Waals surface area contributed by atoms with Gasteiger partial charge in [0, 0.05) is 32.7 Å². The largest absolute Gasteiger partial charge is 0.508 e. The van der Waals surface area contributed by atoms with Crippen molar-refractivity contribution in [2.75, 3.05) is 78.9 Å². The maximum atomic E-state index is 10.9. The van der Waals surface area contributed by atoms with Gasteiger partial charge in [-0.25, -0.2) is 4.79 Å². The van der Waals surface area contributed by atoms with Gasteiger partial charge in [0.2, 0.25) is 0 Å². The highest BCUT2D eigenvalue weighted by Gasteiger charge is 2.56. The molecule has 1 saturated heterocycles. The van der Waals surface area contributed by atoms with E-state index in [9.17, 15) is 15.0 Å². The van der Waals surface area contributed by atoms with Crippen molar-refractivity contribution in [1.29, 1.82) is 0 Å². The second kappa shape index (κ2) is 16.2. The number of unbranched alkanes of at least 4 members (excludes halogenated alkanes) is 2. The summed E-state index contributed by atoms with van der Waals surface area (Å²) >= 11 is 0. The first-order valence-electron chi connectivity index (χ1n) is 17.2. The van der Waals surface area contributed by atoms with Crippen LogP contribution in [0.1, 0.15) is 75.3 Å². The Morgan fingerprint density at radius 3 is 2.36 bits per heavy atom. The summed E-state index contributed by atoms with van der Waals surface area (Å²) in [6.45, 7) is 11.0. The van der Waals surface area contributed by atoms with Crippen LogP contribution in [0.15, 0.2) is 18.2 Å². The number of fused-ring (bicyclic) bond motifs is 5. The Morgan fingerprint density at radius 1 is 0.909 bits per heavy atom. The van der Waals surface area contributed by atoms with E-state index >= 15 is 0 Å². The SMILES string of the molecule is CC12CCC3c4ccc(O)cc4CC(CCCCCN4CCN(CCOCCOCCOCC(=O)O)CC4)C3C1CCC2O. The van der Waals surface area contributed by atoms with Crippen molar-refractivity contribution in [1.82, 2.24) is 9.80 Å². The van der Waals surface area contributed by atoms with Gasteiger partial charge < -0.3 is 34.4 Å². The number of carboxylic acids is 1. The van der Waals surface area contributed by atoms with E-state index in [1.165, 1.54) is 56.2 Å². The van der Waals surface area contributed by atoms with Crippen LogP contribution in [0, 0.1) is 23.2 Å². The van der Waals surface area contributed by atoms with Crippen molar-refractivity contribution >= 4 is 5.97 Å². The highest BCUT2D eigenvalue weighted by Crippen LogP contribution is 2.62. The molecule has 3 aliphatic carbocycles. The summed E-state index contributed by atoms with van der Waals surface area (Å²) in [6.07, 6.45) is 10.4. The van der Waals surface area contributed by atoms with Gasteiger partial charge in [-0.15, -0.1) is 0 Å². The van der Waals surface area contributed by atoms with Gasteiger partial charge in [-0.2, -0.15) is 0 Å². The van der Waals surface area contributed by atoms with E-state index in [4.69, 9.17) is 19.3 Å². The van der Waals surface area contributed by atoms with Crippen LogP contribution in [0.5, 0.6) is 5.75 Å². The van der Waals surface area contributed by atoms with Crippen molar-refractivity contribution in [3.63, 3.8) is 0 Å². The zero-order chi connectivity index (χ0) is 30.9. The lowest BCUT2D eigenvalue weighted by Crippen LogP contribution is -2.47. The molecule has 0 spiro atoms. The number of phenols is 1. The van der Waals surface area contributed by atoms with Crippen molar-refractivity contribution < 1.29 is 34.3 Å². The number of aliphatic carboxylic acids is 1. The Balaban J connectivity index is 0.960. The molecule has 1 heterocycles. The van der Waals surface area contributed by atoms with E-state index in [1.807, 2.05) is 12.1 Å². The van der Waals surface area contributed by atoms with Crippen molar-refractivity contribution in [3.8, 4) is 5.75 Å². The van der Waals surface area contributed by atoms with Gasteiger partial charge in [0.05, 0.1) is 39.1 Å². The van der Waals surface area contributed by atoms with Crippen LogP contribution >= 0.6 is 0 Å². The zero-order valence-electron chi connectivity index (χ0n) is 26.8. The van der Waals surface area contributed by atoms with E-state index in [2.05, 4.69) is 22.8 Å². The molecule has 1 aromatic carbocycles. The maximum absolute atomic E-state index is 10.9. The van der Waals surface area contributed by atoms with Crippen molar-refractivity contribution in [2.45, 2.75) is 76.7 Å². The van der Waals surface area contributed by atoms with Crippen LogP contribution in [0.3, 0.4) is 0 Å². The quantitative estimate of drug-likeness (QED) is 0.222. The molecule has 6 unspecified atom stereocenters. The molecular weight excluding hydrogens is 560 g/mol. The number of carbonyl (C=O) groups is 1. The molecule has 2 saturated carbocycles. The summed E-state index contributed by atoms with van der Waals surface area (Å²) in [5.41, 5.74) is 2.93. The van der Waals surface area contributed by atoms with Gasteiger partial charge in [0.15, 0.2) is 0 Å². The van der Waals surface area contributed by atoms with Crippen LogP contribution in [0.4, 0.5) is 0 Å². The van der Waals surface area contributed by atoms with Crippen molar-refractivity contribution in [3.05, 3.63) is 29.3 Å². The van der Waals surface area contributed by atoms with Gasteiger partial charge >= 0.3 is 5.97 Å². The van der Waals surface area contributed by atoms with Gasteiger partial charge in [0.1, 0.15) is 12.4 Å². The zero-order valence-corrected chi connectivity index (χ0v) is 26.8. The minimum Gasteiger partial charge on any atom is -0.508 e. The Kier molecular flexibility index (Phi) is 12.4. The number of phenolic OH excluding ortho intramolecular Hbond substituents is 1. The van der Waals surface area contributed by atoms with E-state index in [0.717, 1.165) is 52.0 Å². The third kappa shape index (κ3) is 8.53. The molecule has 6 atom stereocenters. The monoisotopic (exact) mass is 616 g/mol. The molecule has 44 heavy (non-hydrogen) atoms. The third-order valence-electron chi connectivity index (χ3n) is 11.4. The van der Waals surface area contributed by atoms with E-state index in [0.29, 0.717) is 55.8 Å². The maximum Gasteiger partial charge on any atom is 0.329 e. The number of carboxylic acid groups (broad SMARTS) is 1. The van der Waals surface area contributed by atoms with Crippen molar-refractivity contribution in [2.24, 2.45) is 23.2 Å². The highest BCUT2D eigenvalue weighted by molar-refractivity contribution is 5.67. The average molecular weight is 617 g/mol. The lowest BCUT2D eigenvalue weighted by atomic mass is 9.52. The fourth-order valence-corrected chi connectivity index (χ4v) is 8.98. The first-order valence-corrected chi connectivity index (χ1v) is 17.2. The van der Waals surface area contributed by atoms with Crippen LogP contribution < -0.4 is 0 Å². The number of ether oxygens (including phenoxy) is 3. The Labute approximate surface area is 263 Å². The van der Waals surface area contributed by atoms with Gasteiger partial charge in [-0.3, -0.25) is 4.90 Å². The molecule has 1 aromatic rings. The fourth-order valence-electron chi connectivity index (χ4n) is 8.98. The minimum absolute atomic E-state index is 0.0812. The number of nitrogens with zero attached hydrogens (tertiary/aromatic N) is 2. The molecule has 3 fully saturated rings. The molecule has 4 aliphatic rings. The summed E-state index contributed by atoms with van der Waals surface area (Å²) in [6, 6.07) is 6.11. The summed E-state index contributed by atoms with van der Waals surface area (Å²) in [4.78, 5) is 15.5. The number of hydrogen-bond donors (Lipinski definition) is 3. The van der Waals surface area contributed by atoms with E-state index in [1.54, 1.807) is 0 Å². The Bertz CT molecular complexity index is 1050. The number of aliphatic hydroxyl groups is 1. The number of hydrogen-bond acceptors (Lipinski definition) is 8. The lowest BCUT2D eigenvalue weighted by molar-refractivity contribution is -0.142. The molecule has 0 radical (unpaired) electrons. The number of rotatable bonds is 17. The Morgan fingerprint density at radius 2 is 1.61 bits per heavy atom. The minimum atomic E-state index is -0.967. The topological polar surface area (TPSA) is 112 Å². The second-order valence-corrected chi connectivity index (χ2v) is 14.0. The fraction of sp³-hybridized carbons (Fsp3) is 0.800. The van der Waals surface area contributed by atoms with E-state index < -0.39 is 5.97 Å². The molecule has 9 nitrogen and oxygen atoms in total. The highest BCUT2D eigenvalue weighted by atomic mass is 16.5. The molecule has 248 valence electrons. The molecule has 0 amide bonds. The van der Waals surface area contributed by atoms with Crippen LogP contribution in [0.25, 0.3) is 0 Å². The van der Waals surface area contributed by atoms with Gasteiger partial charge in [-0.05, 0) is 104 Å². The number of aliphatic hydroxyl groups excluding tert-OH is 1. The van der Waals surface area contributed by atoms with Crippen LogP contribution in [-0.4, -0.2) is 116 Å². The van der Waals surface area contributed by atoms with Crippen LogP contribution in [-0.2, 0) is 25.4 Å². The first-order chi connectivity index (χ1) is 21.3. The van der Waals surface area contributed by atoms with E-state index in [-0.39, 0.29) is 24.7 Å². The molecule has 0 bridgehead atoms. The molecule has 5 rings (SSSR count). The molecule has 9 heteroatoms. The standard InChI is InChI=1S/C35H56N2O7/c1-35-11-10-30-29-7-6-28(38)24-27(29)23-26(34(30)31(35)8-9-32(35)39)5-3-2-4-12-36-13-15-37(16-14-36)17-18-42-19-20-43-21-22-44-25-33(40)41/h6-7,24,26,30-32,34,38-39H,2-5,8-23,25H2,1H3,(H,40,41). The van der Waals surface area contributed by atoms with Crippen LogP contribution in [0.2, 0.25) is 0 Å². The molecular formula is C35H56N2O7. The molecule has 1 aliphatic heterocycles. The summed E-state index contributed by atoms with van der Waals surface area (Å²) in [7, 11) is 0. The normalized spacial score (nSPS) is 30.5. The lowest BCUT2D eigenvalue weighted by Gasteiger charge is -2.53. The number of piperazine rings is 1.